The van der Waals surface area contributed by atoms with Crippen molar-refractivity contribution in [1.82, 2.24) is 0 Å². The molecule has 0 bridgehead atoms. The topological polar surface area (TPSA) is 20.2 Å². The van der Waals surface area contributed by atoms with Gasteiger partial charge in [-0.15, -0.1) is 24.8 Å². The molecule has 0 heterocycles. The van der Waals surface area contributed by atoms with Gasteiger partial charge in [0.15, 0.2) is 0 Å². The van der Waals surface area contributed by atoms with E-state index in [1.807, 2.05) is 0 Å². The third kappa shape index (κ3) is 6.80. The summed E-state index contributed by atoms with van der Waals surface area (Å²) in [7, 11) is 0. The van der Waals surface area contributed by atoms with E-state index in [0.717, 1.165) is 6.07 Å². The molecule has 0 aliphatic carbocycles. The third-order valence-corrected chi connectivity index (χ3v) is 0.808. The molecule has 0 saturated carbocycles. The Bertz CT molecular complexity index is 180. The van der Waals surface area contributed by atoms with Crippen LogP contribution in [0.2, 0.25) is 0 Å². The number of phenolic OH excluding ortho intramolecular Hbond substituents is 1. The van der Waals surface area contributed by atoms with Crippen molar-refractivity contribution < 1.29 is 35.7 Å². The maximum absolute atomic E-state index is 12.0. The minimum atomic E-state index is -0.412. The number of hydrogen-bond acceptors (Lipinski definition) is 1. The molecule has 0 fully saturated rings. The summed E-state index contributed by atoms with van der Waals surface area (Å²) >= 11 is 0. The van der Waals surface area contributed by atoms with E-state index in [1.165, 1.54) is 18.2 Å². The summed E-state index contributed by atoms with van der Waals surface area (Å²) in [6, 6.07) is 5.20. The Morgan fingerprint density at radius 3 is 2.00 bits per heavy atom. The van der Waals surface area contributed by atoms with Crippen molar-refractivity contribution in [1.29, 1.82) is 0 Å². The molecule has 0 amide bonds. The summed E-state index contributed by atoms with van der Waals surface area (Å²) in [5, 5.41) is 8.57. The Hall–Kier alpha value is 0.413. The van der Waals surface area contributed by atoms with E-state index in [1.54, 1.807) is 0 Å². The molecular formula is C6H7Cl2FOZr. The second-order valence-electron chi connectivity index (χ2n) is 1.48. The van der Waals surface area contributed by atoms with Crippen LogP contribution in [0.15, 0.2) is 24.3 Å². The van der Waals surface area contributed by atoms with Gasteiger partial charge in [-0.05, 0) is 12.1 Å². The number of benzene rings is 1. The standard InChI is InChI=1S/C6H5FO.2ClH.Zr/c7-5-2-1-3-6(8)4-5;;;/h1-4,8H;2*1H;. The van der Waals surface area contributed by atoms with Crippen LogP contribution in [0.3, 0.4) is 0 Å². The van der Waals surface area contributed by atoms with Crippen molar-refractivity contribution in [3.63, 3.8) is 0 Å². The smallest absolute Gasteiger partial charge is 0.126 e. The van der Waals surface area contributed by atoms with Gasteiger partial charge < -0.3 is 5.11 Å². The van der Waals surface area contributed by atoms with Crippen molar-refractivity contribution in [2.24, 2.45) is 0 Å². The van der Waals surface area contributed by atoms with Crippen LogP contribution in [0.25, 0.3) is 0 Å². The number of phenols is 1. The van der Waals surface area contributed by atoms with Crippen molar-refractivity contribution in [2.45, 2.75) is 0 Å². The first kappa shape index (κ1) is 17.5. The van der Waals surface area contributed by atoms with Crippen LogP contribution in [0, 0.1) is 5.82 Å². The Morgan fingerprint density at radius 2 is 1.73 bits per heavy atom. The molecule has 1 nitrogen and oxygen atoms in total. The molecule has 1 aromatic carbocycles. The van der Waals surface area contributed by atoms with Crippen molar-refractivity contribution >= 4 is 24.8 Å². The molecule has 0 radical (unpaired) electrons. The molecule has 11 heavy (non-hydrogen) atoms. The number of hydrogen-bond donors (Lipinski definition) is 1. The van der Waals surface area contributed by atoms with Crippen LogP contribution < -0.4 is 0 Å². The molecule has 0 aromatic heterocycles. The summed E-state index contributed by atoms with van der Waals surface area (Å²) in [5.41, 5.74) is 0. The molecule has 0 spiro atoms. The second-order valence-corrected chi connectivity index (χ2v) is 1.48. The molecule has 0 unspecified atom stereocenters. The van der Waals surface area contributed by atoms with E-state index in [-0.39, 0.29) is 56.8 Å². The van der Waals surface area contributed by atoms with Crippen molar-refractivity contribution in [3.8, 4) is 5.75 Å². The van der Waals surface area contributed by atoms with Gasteiger partial charge in [-0.25, -0.2) is 4.39 Å². The maximum atomic E-state index is 12.0. The van der Waals surface area contributed by atoms with Crippen LogP contribution in [-0.4, -0.2) is 5.11 Å². The van der Waals surface area contributed by atoms with Gasteiger partial charge in [0.05, 0.1) is 0 Å². The van der Waals surface area contributed by atoms with Crippen molar-refractivity contribution in [3.05, 3.63) is 30.1 Å². The van der Waals surface area contributed by atoms with Crippen LogP contribution >= 0.6 is 24.8 Å². The number of rotatable bonds is 0. The first-order chi connectivity index (χ1) is 3.79. The second kappa shape index (κ2) is 8.51. The minimum absolute atomic E-state index is 0. The summed E-state index contributed by atoms with van der Waals surface area (Å²) in [6.45, 7) is 0. The Labute approximate surface area is 95.9 Å². The molecule has 0 aliphatic rings. The third-order valence-electron chi connectivity index (χ3n) is 0.808. The molecule has 62 valence electrons. The van der Waals surface area contributed by atoms with E-state index in [9.17, 15) is 4.39 Å². The van der Waals surface area contributed by atoms with Gasteiger partial charge in [-0.3, -0.25) is 0 Å². The number of aromatic hydroxyl groups is 1. The van der Waals surface area contributed by atoms with E-state index < -0.39 is 5.82 Å². The minimum Gasteiger partial charge on any atom is -0.508 e. The van der Waals surface area contributed by atoms with Gasteiger partial charge in [0.2, 0.25) is 0 Å². The van der Waals surface area contributed by atoms with Crippen LogP contribution in [-0.2, 0) is 26.2 Å². The largest absolute Gasteiger partial charge is 0.508 e. The Kier molecular flexibility index (Phi) is 13.5. The van der Waals surface area contributed by atoms with Crippen LogP contribution in [0.4, 0.5) is 4.39 Å². The zero-order valence-electron chi connectivity index (χ0n) is 5.45. The molecular weight excluding hydrogens is 269 g/mol. The van der Waals surface area contributed by atoms with Gasteiger partial charge in [0.1, 0.15) is 11.6 Å². The fourth-order valence-electron chi connectivity index (χ4n) is 0.476. The first-order valence-corrected chi connectivity index (χ1v) is 2.23. The van der Waals surface area contributed by atoms with E-state index in [4.69, 9.17) is 5.11 Å². The summed E-state index contributed by atoms with van der Waals surface area (Å²) < 4.78 is 12.0. The van der Waals surface area contributed by atoms with E-state index in [2.05, 4.69) is 0 Å². The zero-order chi connectivity index (χ0) is 5.98. The fourth-order valence-corrected chi connectivity index (χ4v) is 0.476. The van der Waals surface area contributed by atoms with Gasteiger partial charge >= 0.3 is 0 Å². The number of halogens is 3. The van der Waals surface area contributed by atoms with Crippen molar-refractivity contribution in [2.75, 3.05) is 0 Å². The normalized spacial score (nSPS) is 6.64. The Morgan fingerprint density at radius 1 is 1.18 bits per heavy atom. The fraction of sp³-hybridized carbons (Fsp3) is 0. The van der Waals surface area contributed by atoms with Gasteiger partial charge in [0, 0.05) is 32.3 Å². The first-order valence-electron chi connectivity index (χ1n) is 2.23. The molecule has 0 aliphatic heterocycles. The van der Waals surface area contributed by atoms with Crippen LogP contribution in [0.5, 0.6) is 5.75 Å². The monoisotopic (exact) mass is 274 g/mol. The van der Waals surface area contributed by atoms with E-state index in [0.29, 0.717) is 0 Å². The summed E-state index contributed by atoms with van der Waals surface area (Å²) in [4.78, 5) is 0. The van der Waals surface area contributed by atoms with Gasteiger partial charge in [-0.1, -0.05) is 6.07 Å². The quantitative estimate of drug-likeness (QED) is 0.771. The van der Waals surface area contributed by atoms with Gasteiger partial charge in [-0.2, -0.15) is 0 Å². The maximum Gasteiger partial charge on any atom is 0.126 e. The zero-order valence-corrected chi connectivity index (χ0v) is 9.54. The average molecular weight is 276 g/mol. The summed E-state index contributed by atoms with van der Waals surface area (Å²) in [6.07, 6.45) is 0. The van der Waals surface area contributed by atoms with Gasteiger partial charge in [0.25, 0.3) is 0 Å². The summed E-state index contributed by atoms with van der Waals surface area (Å²) in [5.74, 6) is -0.449. The molecule has 5 heteroatoms. The molecule has 0 atom stereocenters. The molecule has 0 saturated heterocycles. The SMILES string of the molecule is Cl.Cl.Oc1cccc(F)c1.[Zr]. The molecule has 1 rings (SSSR count). The molecule has 1 aromatic rings. The average Bonchev–Trinajstić information content (AvgIpc) is 1.64. The predicted molar refractivity (Wildman–Crippen MR) is 42.6 cm³/mol. The Balaban J connectivity index is -0.000000213. The van der Waals surface area contributed by atoms with Crippen LogP contribution in [0.1, 0.15) is 0 Å². The predicted octanol–water partition coefficient (Wildman–Crippen LogP) is 2.37. The van der Waals surface area contributed by atoms with E-state index >= 15 is 0 Å². The molecule has 1 N–H and O–H groups in total.